The molecule has 0 saturated carbocycles. The van der Waals surface area contributed by atoms with Crippen LogP contribution < -0.4 is 10.6 Å². The first-order chi connectivity index (χ1) is 11.0. The molecule has 23 heavy (non-hydrogen) atoms. The van der Waals surface area contributed by atoms with Gasteiger partial charge in [0.1, 0.15) is 0 Å². The van der Waals surface area contributed by atoms with Crippen LogP contribution in [0.25, 0.3) is 0 Å². The fraction of sp³-hybridized carbons (Fsp3) is 0.556. The van der Waals surface area contributed by atoms with Crippen molar-refractivity contribution in [3.05, 3.63) is 23.8 Å². The van der Waals surface area contributed by atoms with Gasteiger partial charge in [0, 0.05) is 17.0 Å². The number of carbonyl (C=O) groups excluding carboxylic acids is 2. The number of thioether (sulfide) groups is 1. The van der Waals surface area contributed by atoms with E-state index in [1.165, 1.54) is 24.6 Å². The van der Waals surface area contributed by atoms with Crippen molar-refractivity contribution in [2.45, 2.75) is 56.6 Å². The summed E-state index contributed by atoms with van der Waals surface area (Å²) >= 11 is 1.53. The largest absolute Gasteiger partial charge is 0.352 e. The molecule has 5 heteroatoms. The summed E-state index contributed by atoms with van der Waals surface area (Å²) in [4.78, 5) is 25.1. The topological polar surface area (TPSA) is 58.2 Å². The molecule has 0 saturated heterocycles. The number of nitrogens with one attached hydrogen (secondary N) is 2. The Bertz CT molecular complexity index is 574. The molecular weight excluding hydrogens is 308 g/mol. The molecule has 0 spiro atoms. The second kappa shape index (κ2) is 8.39. The molecule has 0 fully saturated rings. The molecule has 2 rings (SSSR count). The SMILES string of the molecule is CCCCC(CC)CNC(=O)c1ccc2c(c1)NC(=O)C(C)S2. The van der Waals surface area contributed by atoms with Gasteiger partial charge < -0.3 is 10.6 Å². The zero-order valence-electron chi connectivity index (χ0n) is 14.1. The van der Waals surface area contributed by atoms with Gasteiger partial charge >= 0.3 is 0 Å². The number of hydrogen-bond donors (Lipinski definition) is 2. The molecule has 0 radical (unpaired) electrons. The van der Waals surface area contributed by atoms with Gasteiger partial charge in [0.05, 0.1) is 10.9 Å². The van der Waals surface area contributed by atoms with Gasteiger partial charge in [0.2, 0.25) is 5.91 Å². The third-order valence-electron chi connectivity index (χ3n) is 4.27. The Balaban J connectivity index is 1.98. The van der Waals surface area contributed by atoms with Gasteiger partial charge in [0.15, 0.2) is 0 Å². The average Bonchev–Trinajstić information content (AvgIpc) is 2.55. The lowest BCUT2D eigenvalue weighted by atomic mass is 9.99. The summed E-state index contributed by atoms with van der Waals surface area (Å²) in [6.07, 6.45) is 4.62. The van der Waals surface area contributed by atoms with E-state index in [0.717, 1.165) is 23.4 Å². The van der Waals surface area contributed by atoms with Crippen molar-refractivity contribution < 1.29 is 9.59 Å². The third kappa shape index (κ3) is 4.74. The van der Waals surface area contributed by atoms with Gasteiger partial charge in [-0.15, -0.1) is 11.8 Å². The van der Waals surface area contributed by atoms with Crippen LogP contribution in [-0.4, -0.2) is 23.6 Å². The maximum absolute atomic E-state index is 12.3. The highest BCUT2D eigenvalue weighted by Gasteiger charge is 2.23. The minimum atomic E-state index is -0.0916. The molecule has 2 amide bonds. The van der Waals surface area contributed by atoms with E-state index in [1.54, 1.807) is 6.07 Å². The van der Waals surface area contributed by atoms with E-state index in [1.807, 2.05) is 19.1 Å². The van der Waals surface area contributed by atoms with E-state index in [9.17, 15) is 9.59 Å². The lowest BCUT2D eigenvalue weighted by molar-refractivity contribution is -0.115. The lowest BCUT2D eigenvalue weighted by Crippen LogP contribution is -2.30. The van der Waals surface area contributed by atoms with E-state index in [0.29, 0.717) is 18.0 Å². The first-order valence-electron chi connectivity index (χ1n) is 8.44. The molecule has 2 unspecified atom stereocenters. The van der Waals surface area contributed by atoms with Crippen LogP contribution in [0.15, 0.2) is 23.1 Å². The van der Waals surface area contributed by atoms with Crippen LogP contribution >= 0.6 is 11.8 Å². The molecule has 1 aromatic carbocycles. The quantitative estimate of drug-likeness (QED) is 0.790. The Kier molecular flexibility index (Phi) is 6.51. The first-order valence-corrected chi connectivity index (χ1v) is 9.32. The molecule has 0 aliphatic carbocycles. The number of carbonyl (C=O) groups is 2. The lowest BCUT2D eigenvalue weighted by Gasteiger charge is -2.22. The Morgan fingerprint density at radius 1 is 1.39 bits per heavy atom. The maximum atomic E-state index is 12.3. The van der Waals surface area contributed by atoms with Crippen molar-refractivity contribution in [2.24, 2.45) is 5.92 Å². The summed E-state index contributed by atoms with van der Waals surface area (Å²) in [6, 6.07) is 5.52. The van der Waals surface area contributed by atoms with E-state index in [-0.39, 0.29) is 17.1 Å². The van der Waals surface area contributed by atoms with Gasteiger partial charge in [0.25, 0.3) is 5.91 Å². The summed E-state index contributed by atoms with van der Waals surface area (Å²) in [7, 11) is 0. The summed E-state index contributed by atoms with van der Waals surface area (Å²) in [5.74, 6) is 0.457. The van der Waals surface area contributed by atoms with Crippen molar-refractivity contribution >= 4 is 29.3 Å². The van der Waals surface area contributed by atoms with Gasteiger partial charge in [-0.3, -0.25) is 9.59 Å². The average molecular weight is 334 g/mol. The van der Waals surface area contributed by atoms with Crippen molar-refractivity contribution in [1.82, 2.24) is 5.32 Å². The number of anilines is 1. The Morgan fingerprint density at radius 2 is 2.17 bits per heavy atom. The molecular formula is C18H26N2O2S. The number of unbranched alkanes of at least 4 members (excludes halogenated alkanes) is 1. The molecule has 1 aliphatic rings. The zero-order chi connectivity index (χ0) is 16.8. The van der Waals surface area contributed by atoms with Crippen molar-refractivity contribution in [2.75, 3.05) is 11.9 Å². The second-order valence-corrected chi connectivity index (χ2v) is 7.47. The third-order valence-corrected chi connectivity index (χ3v) is 5.44. The molecule has 2 N–H and O–H groups in total. The molecule has 1 aromatic rings. The van der Waals surface area contributed by atoms with Crippen LogP contribution in [0.1, 0.15) is 56.8 Å². The standard InChI is InChI=1S/C18H26N2O2S/c1-4-6-7-13(5-2)11-19-18(22)14-8-9-16-15(10-14)20-17(21)12(3)23-16/h8-10,12-13H,4-7,11H2,1-3H3,(H,19,22)(H,20,21). The van der Waals surface area contributed by atoms with Gasteiger partial charge in [-0.05, 0) is 37.5 Å². The fourth-order valence-corrected chi connectivity index (χ4v) is 3.56. The van der Waals surface area contributed by atoms with E-state index in [2.05, 4.69) is 24.5 Å². The Labute approximate surface area is 142 Å². The minimum Gasteiger partial charge on any atom is -0.352 e. The van der Waals surface area contributed by atoms with E-state index in [4.69, 9.17) is 0 Å². The van der Waals surface area contributed by atoms with Crippen LogP contribution in [0.3, 0.4) is 0 Å². The molecule has 1 heterocycles. The molecule has 2 atom stereocenters. The van der Waals surface area contributed by atoms with Crippen LogP contribution in [0.4, 0.5) is 5.69 Å². The predicted molar refractivity (Wildman–Crippen MR) is 96.0 cm³/mol. The number of benzene rings is 1. The number of rotatable bonds is 7. The monoisotopic (exact) mass is 334 g/mol. The fourth-order valence-electron chi connectivity index (χ4n) is 2.63. The minimum absolute atomic E-state index is 0.00864. The second-order valence-electron chi connectivity index (χ2n) is 6.09. The van der Waals surface area contributed by atoms with Crippen LogP contribution in [0, 0.1) is 5.92 Å². The van der Waals surface area contributed by atoms with E-state index >= 15 is 0 Å². The molecule has 1 aliphatic heterocycles. The highest BCUT2D eigenvalue weighted by atomic mass is 32.2. The summed E-state index contributed by atoms with van der Waals surface area (Å²) < 4.78 is 0. The smallest absolute Gasteiger partial charge is 0.251 e. The molecule has 4 nitrogen and oxygen atoms in total. The summed E-state index contributed by atoms with van der Waals surface area (Å²) in [6.45, 7) is 6.94. The Morgan fingerprint density at radius 3 is 2.87 bits per heavy atom. The maximum Gasteiger partial charge on any atom is 0.251 e. The summed E-state index contributed by atoms with van der Waals surface area (Å²) in [5, 5.41) is 5.80. The number of fused-ring (bicyclic) bond motifs is 1. The predicted octanol–water partition coefficient (Wildman–Crippen LogP) is 4.07. The molecule has 0 aromatic heterocycles. The van der Waals surface area contributed by atoms with Crippen LogP contribution in [0.2, 0.25) is 0 Å². The molecule has 0 bridgehead atoms. The Hall–Kier alpha value is -1.49. The first kappa shape index (κ1) is 17.9. The number of amides is 2. The molecule has 126 valence electrons. The van der Waals surface area contributed by atoms with Crippen LogP contribution in [0.5, 0.6) is 0 Å². The van der Waals surface area contributed by atoms with Gasteiger partial charge in [-0.2, -0.15) is 0 Å². The zero-order valence-corrected chi connectivity index (χ0v) is 15.0. The highest BCUT2D eigenvalue weighted by molar-refractivity contribution is 8.00. The van der Waals surface area contributed by atoms with Crippen molar-refractivity contribution in [3.8, 4) is 0 Å². The van der Waals surface area contributed by atoms with E-state index < -0.39 is 0 Å². The highest BCUT2D eigenvalue weighted by Crippen LogP contribution is 2.35. The number of hydrogen-bond acceptors (Lipinski definition) is 3. The van der Waals surface area contributed by atoms with Crippen molar-refractivity contribution in [3.63, 3.8) is 0 Å². The van der Waals surface area contributed by atoms with Gasteiger partial charge in [-0.25, -0.2) is 0 Å². The van der Waals surface area contributed by atoms with Gasteiger partial charge in [-0.1, -0.05) is 33.1 Å². The normalized spacial score (nSPS) is 18.0. The van der Waals surface area contributed by atoms with Crippen LogP contribution in [-0.2, 0) is 4.79 Å². The van der Waals surface area contributed by atoms with Crippen molar-refractivity contribution in [1.29, 1.82) is 0 Å². The summed E-state index contributed by atoms with van der Waals surface area (Å²) in [5.41, 5.74) is 1.34.